The summed E-state index contributed by atoms with van der Waals surface area (Å²) in [7, 11) is 0. The minimum atomic E-state index is -0.956. The van der Waals surface area contributed by atoms with Gasteiger partial charge in [0.1, 0.15) is 11.5 Å². The van der Waals surface area contributed by atoms with E-state index in [0.29, 0.717) is 23.5 Å². The number of carboxylic acid groups (broad SMARTS) is 1. The SMILES string of the molecule is CC12CCC3c4ccc(C(=O)O)nc4CCC3C1CCC2=O. The van der Waals surface area contributed by atoms with E-state index in [1.54, 1.807) is 6.07 Å². The number of rotatable bonds is 1. The molecule has 0 spiro atoms. The number of aromatic nitrogens is 1. The standard InChI is InChI=1S/C18H21NO3/c1-18-9-8-10-11(13(18)4-7-16(18)20)2-5-14-12(10)3-6-15(19-14)17(21)22/h3,6,10-11,13H,2,4-5,7-9H2,1H3,(H,21,22). The third-order valence-corrected chi connectivity index (χ3v) is 6.49. The summed E-state index contributed by atoms with van der Waals surface area (Å²) in [6.45, 7) is 2.17. The maximum Gasteiger partial charge on any atom is 0.354 e. The van der Waals surface area contributed by atoms with Gasteiger partial charge in [0.25, 0.3) is 0 Å². The molecule has 116 valence electrons. The van der Waals surface area contributed by atoms with Crippen molar-refractivity contribution in [2.24, 2.45) is 17.3 Å². The maximum absolute atomic E-state index is 12.3. The van der Waals surface area contributed by atoms with Crippen LogP contribution in [-0.4, -0.2) is 21.8 Å². The van der Waals surface area contributed by atoms with E-state index < -0.39 is 5.97 Å². The van der Waals surface area contributed by atoms with E-state index >= 15 is 0 Å². The smallest absolute Gasteiger partial charge is 0.354 e. The van der Waals surface area contributed by atoms with Crippen molar-refractivity contribution in [2.45, 2.75) is 51.4 Å². The first-order valence-corrected chi connectivity index (χ1v) is 8.27. The van der Waals surface area contributed by atoms with E-state index in [1.807, 2.05) is 6.07 Å². The number of carbonyl (C=O) groups is 2. The number of hydrogen-bond donors (Lipinski definition) is 1. The fraction of sp³-hybridized carbons (Fsp3) is 0.611. The molecule has 1 heterocycles. The van der Waals surface area contributed by atoms with Crippen molar-refractivity contribution in [1.82, 2.24) is 4.98 Å². The zero-order chi connectivity index (χ0) is 15.5. The Morgan fingerprint density at radius 1 is 1.27 bits per heavy atom. The molecular weight excluding hydrogens is 278 g/mol. The van der Waals surface area contributed by atoms with Crippen molar-refractivity contribution in [3.05, 3.63) is 29.1 Å². The predicted molar refractivity (Wildman–Crippen MR) is 80.8 cm³/mol. The summed E-state index contributed by atoms with van der Waals surface area (Å²) < 4.78 is 0. The highest BCUT2D eigenvalue weighted by molar-refractivity contribution is 5.87. The highest BCUT2D eigenvalue weighted by atomic mass is 16.4. The van der Waals surface area contributed by atoms with Crippen LogP contribution in [0.2, 0.25) is 0 Å². The molecular formula is C18H21NO3. The molecule has 3 aliphatic carbocycles. The van der Waals surface area contributed by atoms with Crippen LogP contribution in [0, 0.1) is 17.3 Å². The van der Waals surface area contributed by atoms with Crippen molar-refractivity contribution in [2.75, 3.05) is 0 Å². The lowest BCUT2D eigenvalue weighted by Gasteiger charge is -2.48. The van der Waals surface area contributed by atoms with Gasteiger partial charge in [0, 0.05) is 17.5 Å². The van der Waals surface area contributed by atoms with E-state index in [-0.39, 0.29) is 11.1 Å². The van der Waals surface area contributed by atoms with Gasteiger partial charge in [0.05, 0.1) is 0 Å². The molecule has 4 rings (SSSR count). The number of Topliss-reactive ketones (excluding diaryl/α,β-unsaturated/α-hetero) is 1. The van der Waals surface area contributed by atoms with Gasteiger partial charge in [-0.1, -0.05) is 13.0 Å². The summed E-state index contributed by atoms with van der Waals surface area (Å²) in [5.74, 6) is 1.04. The fourth-order valence-corrected chi connectivity index (χ4v) is 5.32. The van der Waals surface area contributed by atoms with Crippen LogP contribution in [0.5, 0.6) is 0 Å². The number of nitrogens with zero attached hydrogens (tertiary/aromatic N) is 1. The molecule has 4 nitrogen and oxygen atoms in total. The van der Waals surface area contributed by atoms with Gasteiger partial charge in [0.2, 0.25) is 0 Å². The Morgan fingerprint density at radius 3 is 2.86 bits per heavy atom. The minimum Gasteiger partial charge on any atom is -0.477 e. The second-order valence-corrected chi connectivity index (χ2v) is 7.37. The van der Waals surface area contributed by atoms with E-state index in [0.717, 1.165) is 44.2 Å². The first kappa shape index (κ1) is 13.9. The third kappa shape index (κ3) is 1.79. The van der Waals surface area contributed by atoms with Crippen LogP contribution >= 0.6 is 0 Å². The molecule has 4 heteroatoms. The number of ketones is 1. The lowest BCUT2D eigenvalue weighted by atomic mass is 9.56. The maximum atomic E-state index is 12.3. The molecule has 22 heavy (non-hydrogen) atoms. The zero-order valence-electron chi connectivity index (χ0n) is 12.8. The van der Waals surface area contributed by atoms with E-state index in [2.05, 4.69) is 11.9 Å². The van der Waals surface area contributed by atoms with E-state index in [4.69, 9.17) is 5.11 Å². The average Bonchev–Trinajstić information content (AvgIpc) is 2.82. The summed E-state index contributed by atoms with van der Waals surface area (Å²) in [4.78, 5) is 27.7. The number of aryl methyl sites for hydroxylation is 1. The Hall–Kier alpha value is -1.71. The molecule has 0 bridgehead atoms. The zero-order valence-corrected chi connectivity index (χ0v) is 12.8. The number of aromatic carboxylic acids is 1. The minimum absolute atomic E-state index is 0.104. The van der Waals surface area contributed by atoms with E-state index in [1.165, 1.54) is 5.56 Å². The largest absolute Gasteiger partial charge is 0.477 e. The fourth-order valence-electron chi connectivity index (χ4n) is 5.32. The van der Waals surface area contributed by atoms with Crippen LogP contribution in [0.4, 0.5) is 0 Å². The molecule has 1 aromatic heterocycles. The molecule has 3 aliphatic rings. The summed E-state index contributed by atoms with van der Waals surface area (Å²) in [5, 5.41) is 9.10. The second kappa shape index (κ2) is 4.64. The van der Waals surface area contributed by atoms with Gasteiger partial charge in [-0.3, -0.25) is 4.79 Å². The number of fused-ring (bicyclic) bond motifs is 5. The van der Waals surface area contributed by atoms with Gasteiger partial charge >= 0.3 is 5.97 Å². The van der Waals surface area contributed by atoms with Gasteiger partial charge < -0.3 is 5.11 Å². The Bertz CT molecular complexity index is 668. The molecule has 0 saturated heterocycles. The van der Waals surface area contributed by atoms with Crippen molar-refractivity contribution in [1.29, 1.82) is 0 Å². The summed E-state index contributed by atoms with van der Waals surface area (Å²) in [6, 6.07) is 3.61. The number of carboxylic acids is 1. The molecule has 2 fully saturated rings. The van der Waals surface area contributed by atoms with Gasteiger partial charge in [-0.2, -0.15) is 0 Å². The number of pyridine rings is 1. The lowest BCUT2D eigenvalue weighted by molar-refractivity contribution is -0.129. The summed E-state index contributed by atoms with van der Waals surface area (Å²) >= 11 is 0. The van der Waals surface area contributed by atoms with Crippen LogP contribution in [-0.2, 0) is 11.2 Å². The van der Waals surface area contributed by atoms with Crippen LogP contribution in [0.25, 0.3) is 0 Å². The Morgan fingerprint density at radius 2 is 2.09 bits per heavy atom. The van der Waals surface area contributed by atoms with Gasteiger partial charge in [0.15, 0.2) is 0 Å². The Kier molecular flexibility index (Phi) is 2.94. The summed E-state index contributed by atoms with van der Waals surface area (Å²) in [6.07, 6.45) is 5.67. The van der Waals surface area contributed by atoms with Crippen LogP contribution in [0.3, 0.4) is 0 Å². The van der Waals surface area contributed by atoms with Crippen molar-refractivity contribution >= 4 is 11.8 Å². The molecule has 0 amide bonds. The van der Waals surface area contributed by atoms with Crippen molar-refractivity contribution < 1.29 is 14.7 Å². The molecule has 1 N–H and O–H groups in total. The first-order chi connectivity index (χ1) is 10.5. The van der Waals surface area contributed by atoms with Crippen LogP contribution < -0.4 is 0 Å². The quantitative estimate of drug-likeness (QED) is 0.864. The normalized spacial score (nSPS) is 36.4. The third-order valence-electron chi connectivity index (χ3n) is 6.49. The topological polar surface area (TPSA) is 67.3 Å². The number of carbonyl (C=O) groups excluding carboxylic acids is 1. The Labute approximate surface area is 129 Å². The molecule has 0 aromatic carbocycles. The lowest BCUT2D eigenvalue weighted by Crippen LogP contribution is -2.42. The van der Waals surface area contributed by atoms with Crippen molar-refractivity contribution in [3.8, 4) is 0 Å². The predicted octanol–water partition coefficient (Wildman–Crippen LogP) is 3.21. The highest BCUT2D eigenvalue weighted by Gasteiger charge is 2.54. The molecule has 2 saturated carbocycles. The monoisotopic (exact) mass is 299 g/mol. The van der Waals surface area contributed by atoms with Gasteiger partial charge in [-0.25, -0.2) is 9.78 Å². The first-order valence-electron chi connectivity index (χ1n) is 8.27. The highest BCUT2D eigenvalue weighted by Crippen LogP contribution is 2.59. The average molecular weight is 299 g/mol. The van der Waals surface area contributed by atoms with E-state index in [9.17, 15) is 9.59 Å². The molecule has 1 aromatic rings. The molecule has 4 unspecified atom stereocenters. The summed E-state index contributed by atoms with van der Waals surface area (Å²) in [5.41, 5.74) is 2.25. The van der Waals surface area contributed by atoms with Crippen LogP contribution in [0.1, 0.15) is 66.7 Å². The van der Waals surface area contributed by atoms with Crippen LogP contribution in [0.15, 0.2) is 12.1 Å². The molecule has 0 radical (unpaired) electrons. The molecule has 4 atom stereocenters. The number of hydrogen-bond acceptors (Lipinski definition) is 3. The Balaban J connectivity index is 1.70. The molecule has 0 aliphatic heterocycles. The second-order valence-electron chi connectivity index (χ2n) is 7.37. The van der Waals surface area contributed by atoms with Gasteiger partial charge in [-0.05, 0) is 61.5 Å². The van der Waals surface area contributed by atoms with Gasteiger partial charge in [-0.15, -0.1) is 0 Å². The van der Waals surface area contributed by atoms with Crippen molar-refractivity contribution in [3.63, 3.8) is 0 Å².